The van der Waals surface area contributed by atoms with E-state index in [1.165, 1.54) is 0 Å². The summed E-state index contributed by atoms with van der Waals surface area (Å²) in [5.74, 6) is 0. The SMILES string of the molecule is [C-]#[N+]c1ccc2c(c1)c1cc(-c3ccc4oc5ccc(-c6ccc7oc8ccccc8c7c6)cc5c4c3)ccc1n2-c1ccc2oc3ccccc3c2c1. The molecule has 5 heteroatoms. The third-order valence-corrected chi connectivity index (χ3v) is 11.0. The van der Waals surface area contributed by atoms with Crippen molar-refractivity contribution in [3.05, 3.63) is 169 Å². The molecule has 250 valence electrons. The lowest BCUT2D eigenvalue weighted by molar-refractivity contribution is 0.668. The first-order chi connectivity index (χ1) is 26.7. The van der Waals surface area contributed by atoms with E-state index in [9.17, 15) is 0 Å². The van der Waals surface area contributed by atoms with Crippen LogP contribution in [-0.4, -0.2) is 4.57 Å². The first-order valence-electron chi connectivity index (χ1n) is 17.9. The molecule has 0 bridgehead atoms. The molecule has 0 aliphatic heterocycles. The van der Waals surface area contributed by atoms with E-state index in [0.29, 0.717) is 5.69 Å². The van der Waals surface area contributed by atoms with Gasteiger partial charge in [-0.3, -0.25) is 0 Å². The first-order valence-corrected chi connectivity index (χ1v) is 17.9. The maximum absolute atomic E-state index is 7.78. The van der Waals surface area contributed by atoms with Crippen LogP contribution in [0.25, 0.3) is 120 Å². The summed E-state index contributed by atoms with van der Waals surface area (Å²) in [4.78, 5) is 3.78. The van der Waals surface area contributed by atoms with Crippen LogP contribution in [-0.2, 0) is 0 Å². The fourth-order valence-corrected chi connectivity index (χ4v) is 8.43. The average molecular weight is 691 g/mol. The quantitative estimate of drug-likeness (QED) is 0.173. The standard InChI is InChI=1S/C49H26N2O3/c1-50-32-14-17-43-37(26-32)36-22-28(10-16-42(36)51(43)33-15-21-49-41(27-33)35-7-3-5-9-45(35)53-49)30-12-19-47-39(24-30)40-25-31(13-20-48(40)54-47)29-11-18-46-38(23-29)34-6-2-4-8-44(34)52-46/h2-27H. The third kappa shape index (κ3) is 4.14. The van der Waals surface area contributed by atoms with Gasteiger partial charge in [-0.05, 0) is 119 Å². The van der Waals surface area contributed by atoms with Crippen molar-refractivity contribution in [2.75, 3.05) is 0 Å². The number of nitrogens with zero attached hydrogens (tertiary/aromatic N) is 2. The molecule has 0 fully saturated rings. The second kappa shape index (κ2) is 10.7. The fraction of sp³-hybridized carbons (Fsp3) is 0. The molecule has 0 atom stereocenters. The van der Waals surface area contributed by atoms with Gasteiger partial charge >= 0.3 is 0 Å². The summed E-state index contributed by atoms with van der Waals surface area (Å²) in [6.45, 7) is 7.78. The summed E-state index contributed by atoms with van der Waals surface area (Å²) in [5, 5.41) is 8.67. The fourth-order valence-electron chi connectivity index (χ4n) is 8.43. The number of hydrogen-bond acceptors (Lipinski definition) is 3. The largest absolute Gasteiger partial charge is 0.456 e. The van der Waals surface area contributed by atoms with Crippen molar-refractivity contribution in [2.45, 2.75) is 0 Å². The number of hydrogen-bond donors (Lipinski definition) is 0. The summed E-state index contributed by atoms with van der Waals surface area (Å²) in [5.41, 5.74) is 13.4. The van der Waals surface area contributed by atoms with Crippen LogP contribution in [0.3, 0.4) is 0 Å². The number of rotatable bonds is 3. The van der Waals surface area contributed by atoms with E-state index in [1.807, 2.05) is 42.5 Å². The summed E-state index contributed by atoms with van der Waals surface area (Å²) in [6.07, 6.45) is 0. The molecule has 12 rings (SSSR count). The minimum atomic E-state index is 0.616. The van der Waals surface area contributed by atoms with E-state index >= 15 is 0 Å². The lowest BCUT2D eigenvalue weighted by Gasteiger charge is -2.09. The van der Waals surface area contributed by atoms with Gasteiger partial charge in [-0.15, -0.1) is 0 Å². The molecule has 12 aromatic rings. The molecule has 0 radical (unpaired) electrons. The molecule has 4 aromatic heterocycles. The van der Waals surface area contributed by atoms with E-state index in [1.54, 1.807) is 0 Å². The number of furan rings is 3. The van der Waals surface area contributed by atoms with Crippen LogP contribution in [0.1, 0.15) is 0 Å². The number of para-hydroxylation sites is 2. The molecule has 0 spiro atoms. The molecule has 0 aliphatic rings. The topological polar surface area (TPSA) is 48.7 Å². The third-order valence-electron chi connectivity index (χ3n) is 11.0. The molecule has 0 N–H and O–H groups in total. The first kappa shape index (κ1) is 29.1. The van der Waals surface area contributed by atoms with Gasteiger partial charge in [0.05, 0.1) is 17.6 Å². The smallest absolute Gasteiger partial charge is 0.188 e. The Hall–Kier alpha value is -7.55. The second-order valence-corrected chi connectivity index (χ2v) is 14.0. The zero-order chi connectivity index (χ0) is 35.5. The Bertz CT molecular complexity index is 3590. The molecule has 0 saturated carbocycles. The molecule has 0 saturated heterocycles. The van der Waals surface area contributed by atoms with E-state index in [-0.39, 0.29) is 0 Å². The highest BCUT2D eigenvalue weighted by Crippen LogP contribution is 2.41. The van der Waals surface area contributed by atoms with Gasteiger partial charge in [0, 0.05) is 43.4 Å². The second-order valence-electron chi connectivity index (χ2n) is 14.0. The van der Waals surface area contributed by atoms with Gasteiger partial charge in [0.1, 0.15) is 33.5 Å². The van der Waals surface area contributed by atoms with E-state index < -0.39 is 0 Å². The van der Waals surface area contributed by atoms with Crippen LogP contribution in [0.2, 0.25) is 0 Å². The maximum atomic E-state index is 7.78. The van der Waals surface area contributed by atoms with Crippen molar-refractivity contribution in [1.29, 1.82) is 0 Å². The average Bonchev–Trinajstić information content (AvgIpc) is 3.98. The van der Waals surface area contributed by atoms with Crippen LogP contribution >= 0.6 is 0 Å². The number of aromatic nitrogens is 1. The Kier molecular flexibility index (Phi) is 5.78. The van der Waals surface area contributed by atoms with Crippen molar-refractivity contribution in [1.82, 2.24) is 4.57 Å². The Balaban J connectivity index is 1.01. The maximum Gasteiger partial charge on any atom is 0.188 e. The predicted molar refractivity (Wildman–Crippen MR) is 220 cm³/mol. The molecule has 0 amide bonds. The molecule has 54 heavy (non-hydrogen) atoms. The van der Waals surface area contributed by atoms with Crippen LogP contribution < -0.4 is 0 Å². The van der Waals surface area contributed by atoms with Crippen molar-refractivity contribution in [3.8, 4) is 27.9 Å². The highest BCUT2D eigenvalue weighted by molar-refractivity contribution is 6.13. The normalized spacial score (nSPS) is 12.1. The van der Waals surface area contributed by atoms with Crippen LogP contribution in [0.4, 0.5) is 5.69 Å². The van der Waals surface area contributed by atoms with Gasteiger partial charge in [0.25, 0.3) is 0 Å². The zero-order valence-electron chi connectivity index (χ0n) is 28.6. The minimum absolute atomic E-state index is 0.616. The molecule has 0 unspecified atom stereocenters. The lowest BCUT2D eigenvalue weighted by atomic mass is 9.98. The molecule has 0 aliphatic carbocycles. The van der Waals surface area contributed by atoms with Gasteiger partial charge in [0.2, 0.25) is 0 Å². The van der Waals surface area contributed by atoms with Crippen molar-refractivity contribution in [2.24, 2.45) is 0 Å². The summed E-state index contributed by atoms with van der Waals surface area (Å²) in [6, 6.07) is 54.6. The van der Waals surface area contributed by atoms with E-state index in [2.05, 4.69) is 125 Å². The van der Waals surface area contributed by atoms with Gasteiger partial charge in [-0.2, -0.15) is 0 Å². The number of fused-ring (bicyclic) bond motifs is 12. The predicted octanol–water partition coefficient (Wildman–Crippen LogP) is 14.4. The van der Waals surface area contributed by atoms with Gasteiger partial charge in [-0.1, -0.05) is 66.7 Å². The highest BCUT2D eigenvalue weighted by atomic mass is 16.3. The highest BCUT2D eigenvalue weighted by Gasteiger charge is 2.17. The summed E-state index contributed by atoms with van der Waals surface area (Å²) in [7, 11) is 0. The summed E-state index contributed by atoms with van der Waals surface area (Å²) >= 11 is 0. The molecular formula is C49H26N2O3. The van der Waals surface area contributed by atoms with Crippen LogP contribution in [0, 0.1) is 6.57 Å². The summed E-state index contributed by atoms with van der Waals surface area (Å²) < 4.78 is 20.9. The molecule has 8 aromatic carbocycles. The van der Waals surface area contributed by atoms with Gasteiger partial charge in [0.15, 0.2) is 5.69 Å². The minimum Gasteiger partial charge on any atom is -0.456 e. The van der Waals surface area contributed by atoms with Gasteiger partial charge in [-0.25, -0.2) is 4.85 Å². The van der Waals surface area contributed by atoms with Crippen molar-refractivity contribution in [3.63, 3.8) is 0 Å². The Labute approximate surface area is 307 Å². The zero-order valence-corrected chi connectivity index (χ0v) is 28.6. The molecular weight excluding hydrogens is 665 g/mol. The monoisotopic (exact) mass is 690 g/mol. The Morgan fingerprint density at radius 1 is 0.352 bits per heavy atom. The van der Waals surface area contributed by atoms with Gasteiger partial charge < -0.3 is 17.8 Å². The van der Waals surface area contributed by atoms with Crippen LogP contribution in [0.5, 0.6) is 0 Å². The molecule has 5 nitrogen and oxygen atoms in total. The lowest BCUT2D eigenvalue weighted by Crippen LogP contribution is -1.93. The van der Waals surface area contributed by atoms with Crippen LogP contribution in [0.15, 0.2) is 171 Å². The van der Waals surface area contributed by atoms with Crippen molar-refractivity contribution >= 4 is 93.3 Å². The Morgan fingerprint density at radius 3 is 1.31 bits per heavy atom. The van der Waals surface area contributed by atoms with E-state index in [0.717, 1.165) is 116 Å². The van der Waals surface area contributed by atoms with E-state index in [4.69, 9.17) is 19.8 Å². The number of benzene rings is 8. The molecule has 4 heterocycles. The van der Waals surface area contributed by atoms with Crippen molar-refractivity contribution < 1.29 is 13.3 Å². The Morgan fingerprint density at radius 2 is 0.759 bits per heavy atom.